The Hall–Kier alpha value is -2.64. The van der Waals surface area contributed by atoms with Crippen molar-refractivity contribution in [3.05, 3.63) is 64.0 Å². The van der Waals surface area contributed by atoms with Crippen molar-refractivity contribution < 1.29 is 18.7 Å². The number of aromatic nitrogens is 1. The smallest absolute Gasteiger partial charge is 0.374 e. The first-order valence-corrected chi connectivity index (χ1v) is 8.94. The average molecular weight is 391 g/mol. The molecule has 0 saturated carbocycles. The second kappa shape index (κ2) is 7.72. The van der Waals surface area contributed by atoms with Gasteiger partial charge >= 0.3 is 5.97 Å². The summed E-state index contributed by atoms with van der Waals surface area (Å²) in [6.07, 6.45) is 0. The molecule has 0 fully saturated rings. The SMILES string of the molecule is CC(=O)N(c1cccc(Cl)c1)c1nc(COC(=O)c2ccc(C)o2)cs1. The minimum atomic E-state index is -0.564. The zero-order chi connectivity index (χ0) is 18.7. The number of amides is 1. The summed E-state index contributed by atoms with van der Waals surface area (Å²) in [5, 5.41) is 2.73. The lowest BCUT2D eigenvalue weighted by molar-refractivity contribution is -0.115. The number of halogens is 1. The molecule has 2 aromatic heterocycles. The van der Waals surface area contributed by atoms with Gasteiger partial charge in [-0.1, -0.05) is 17.7 Å². The summed E-state index contributed by atoms with van der Waals surface area (Å²) in [6.45, 7) is 3.17. The normalized spacial score (nSPS) is 10.6. The number of hydrogen-bond donors (Lipinski definition) is 0. The Morgan fingerprint density at radius 3 is 2.77 bits per heavy atom. The molecule has 0 atom stereocenters. The molecule has 3 rings (SSSR count). The predicted molar refractivity (Wildman–Crippen MR) is 99.0 cm³/mol. The van der Waals surface area contributed by atoms with E-state index in [9.17, 15) is 9.59 Å². The summed E-state index contributed by atoms with van der Waals surface area (Å²) in [6, 6.07) is 10.2. The van der Waals surface area contributed by atoms with Gasteiger partial charge in [0.25, 0.3) is 0 Å². The van der Waals surface area contributed by atoms with Gasteiger partial charge in [-0.25, -0.2) is 9.78 Å². The van der Waals surface area contributed by atoms with E-state index in [4.69, 9.17) is 20.8 Å². The summed E-state index contributed by atoms with van der Waals surface area (Å²) in [5.74, 6) is 0.0101. The molecular formula is C18H15ClN2O4S. The maximum absolute atomic E-state index is 12.1. The Morgan fingerprint density at radius 1 is 1.31 bits per heavy atom. The van der Waals surface area contributed by atoms with Crippen LogP contribution in [0.5, 0.6) is 0 Å². The van der Waals surface area contributed by atoms with Gasteiger partial charge in [0.2, 0.25) is 11.7 Å². The lowest BCUT2D eigenvalue weighted by Crippen LogP contribution is -2.22. The molecular weight excluding hydrogens is 376 g/mol. The molecule has 0 radical (unpaired) electrons. The molecule has 6 nitrogen and oxygen atoms in total. The number of benzene rings is 1. The largest absolute Gasteiger partial charge is 0.454 e. The number of rotatable bonds is 5. The van der Waals surface area contributed by atoms with Gasteiger partial charge in [-0.05, 0) is 37.3 Å². The van der Waals surface area contributed by atoms with E-state index >= 15 is 0 Å². The Labute approximate surface area is 159 Å². The summed E-state index contributed by atoms with van der Waals surface area (Å²) in [7, 11) is 0. The fourth-order valence-corrected chi connectivity index (χ4v) is 3.32. The van der Waals surface area contributed by atoms with E-state index in [-0.39, 0.29) is 18.3 Å². The van der Waals surface area contributed by atoms with Gasteiger partial charge < -0.3 is 9.15 Å². The highest BCUT2D eigenvalue weighted by Gasteiger charge is 2.19. The summed E-state index contributed by atoms with van der Waals surface area (Å²) in [4.78, 5) is 29.8. The van der Waals surface area contributed by atoms with Gasteiger partial charge in [-0.15, -0.1) is 11.3 Å². The molecule has 0 N–H and O–H groups in total. The number of carbonyl (C=O) groups excluding carboxylic acids is 2. The van der Waals surface area contributed by atoms with Gasteiger partial charge in [0.1, 0.15) is 12.4 Å². The van der Waals surface area contributed by atoms with Crippen molar-refractivity contribution in [2.75, 3.05) is 4.90 Å². The fourth-order valence-electron chi connectivity index (χ4n) is 2.26. The van der Waals surface area contributed by atoms with E-state index in [0.29, 0.717) is 27.3 Å². The van der Waals surface area contributed by atoms with Gasteiger partial charge in [-0.3, -0.25) is 9.69 Å². The molecule has 26 heavy (non-hydrogen) atoms. The second-order valence-corrected chi connectivity index (χ2v) is 6.72. The highest BCUT2D eigenvalue weighted by atomic mass is 35.5. The van der Waals surface area contributed by atoms with Crippen LogP contribution in [0.2, 0.25) is 5.02 Å². The van der Waals surface area contributed by atoms with E-state index in [0.717, 1.165) is 0 Å². The number of anilines is 2. The number of carbonyl (C=O) groups is 2. The molecule has 0 spiro atoms. The maximum atomic E-state index is 12.1. The van der Waals surface area contributed by atoms with Crippen molar-refractivity contribution in [2.45, 2.75) is 20.5 Å². The fraction of sp³-hybridized carbons (Fsp3) is 0.167. The molecule has 0 unspecified atom stereocenters. The van der Waals surface area contributed by atoms with E-state index in [1.165, 1.54) is 23.2 Å². The topological polar surface area (TPSA) is 72.6 Å². The van der Waals surface area contributed by atoms with E-state index in [2.05, 4.69) is 4.98 Å². The molecule has 0 aliphatic carbocycles. The second-order valence-electron chi connectivity index (χ2n) is 5.44. The maximum Gasteiger partial charge on any atom is 0.374 e. The van der Waals surface area contributed by atoms with Crippen molar-refractivity contribution in [2.24, 2.45) is 0 Å². The van der Waals surface area contributed by atoms with Gasteiger partial charge in [0.05, 0.1) is 11.4 Å². The summed E-state index contributed by atoms with van der Waals surface area (Å²) in [5.41, 5.74) is 1.16. The molecule has 3 aromatic rings. The zero-order valence-corrected chi connectivity index (χ0v) is 15.6. The molecule has 0 bridgehead atoms. The quantitative estimate of drug-likeness (QED) is 0.588. The molecule has 0 saturated heterocycles. The Morgan fingerprint density at radius 2 is 2.12 bits per heavy atom. The minimum Gasteiger partial charge on any atom is -0.454 e. The van der Waals surface area contributed by atoms with Crippen LogP contribution in [-0.4, -0.2) is 16.9 Å². The molecule has 1 aromatic carbocycles. The minimum absolute atomic E-state index is 0.0175. The monoisotopic (exact) mass is 390 g/mol. The number of nitrogens with zero attached hydrogens (tertiary/aromatic N) is 2. The van der Waals surface area contributed by atoms with E-state index < -0.39 is 5.97 Å². The molecule has 0 aliphatic heterocycles. The molecule has 0 aliphatic rings. The standard InChI is InChI=1S/C18H15ClN2O4S/c1-11-6-7-16(25-11)17(23)24-9-14-10-26-18(20-14)21(12(2)22)15-5-3-4-13(19)8-15/h3-8,10H,9H2,1-2H3. The van der Waals surface area contributed by atoms with Crippen molar-refractivity contribution in [1.29, 1.82) is 0 Å². The van der Waals surface area contributed by atoms with Crippen LogP contribution in [0.1, 0.15) is 28.9 Å². The number of thiazole rings is 1. The average Bonchev–Trinajstić information content (AvgIpc) is 3.22. The van der Waals surface area contributed by atoms with Crippen LogP contribution in [0.4, 0.5) is 10.8 Å². The number of ether oxygens (including phenoxy) is 1. The van der Waals surface area contributed by atoms with Gasteiger partial charge in [-0.2, -0.15) is 0 Å². The number of hydrogen-bond acceptors (Lipinski definition) is 6. The zero-order valence-electron chi connectivity index (χ0n) is 14.1. The third kappa shape index (κ3) is 4.12. The molecule has 2 heterocycles. The van der Waals surface area contributed by atoms with Crippen LogP contribution in [0, 0.1) is 6.92 Å². The first-order chi connectivity index (χ1) is 12.4. The highest BCUT2D eigenvalue weighted by Crippen LogP contribution is 2.30. The Balaban J connectivity index is 1.73. The summed E-state index contributed by atoms with van der Waals surface area (Å²) >= 11 is 7.28. The van der Waals surface area contributed by atoms with Gasteiger partial charge in [0, 0.05) is 17.3 Å². The number of furan rings is 1. The third-order valence-electron chi connectivity index (χ3n) is 3.40. The highest BCUT2D eigenvalue weighted by molar-refractivity contribution is 7.14. The molecule has 134 valence electrons. The van der Waals surface area contributed by atoms with Crippen LogP contribution in [-0.2, 0) is 16.1 Å². The van der Waals surface area contributed by atoms with E-state index in [1.807, 2.05) is 0 Å². The Kier molecular flexibility index (Phi) is 5.39. The lowest BCUT2D eigenvalue weighted by Gasteiger charge is -2.18. The van der Waals surface area contributed by atoms with Crippen LogP contribution in [0.25, 0.3) is 0 Å². The number of aryl methyl sites for hydroxylation is 1. The number of esters is 1. The molecule has 1 amide bonds. The first-order valence-electron chi connectivity index (χ1n) is 7.68. The van der Waals surface area contributed by atoms with Crippen molar-refractivity contribution in [3.63, 3.8) is 0 Å². The van der Waals surface area contributed by atoms with Crippen LogP contribution in [0.3, 0.4) is 0 Å². The van der Waals surface area contributed by atoms with E-state index in [1.54, 1.807) is 48.7 Å². The van der Waals surface area contributed by atoms with Crippen molar-refractivity contribution in [3.8, 4) is 0 Å². The predicted octanol–water partition coefficient (Wildman–Crippen LogP) is 4.74. The van der Waals surface area contributed by atoms with Crippen LogP contribution in [0.15, 0.2) is 46.2 Å². The van der Waals surface area contributed by atoms with Gasteiger partial charge in [0.15, 0.2) is 5.13 Å². The van der Waals surface area contributed by atoms with Crippen molar-refractivity contribution in [1.82, 2.24) is 4.98 Å². The summed E-state index contributed by atoms with van der Waals surface area (Å²) < 4.78 is 10.4. The molecule has 8 heteroatoms. The van der Waals surface area contributed by atoms with Crippen LogP contribution < -0.4 is 4.90 Å². The lowest BCUT2D eigenvalue weighted by atomic mass is 10.3. The third-order valence-corrected chi connectivity index (χ3v) is 4.51. The van der Waals surface area contributed by atoms with Crippen LogP contribution >= 0.6 is 22.9 Å². The Bertz CT molecular complexity index is 950. The van der Waals surface area contributed by atoms with Crippen molar-refractivity contribution >= 4 is 45.6 Å². The first kappa shape index (κ1) is 18.2.